The highest BCUT2D eigenvalue weighted by molar-refractivity contribution is 6.00. The van der Waals surface area contributed by atoms with Crippen LogP contribution in [0.1, 0.15) is 6.42 Å². The summed E-state index contributed by atoms with van der Waals surface area (Å²) >= 11 is 0. The Labute approximate surface area is 191 Å². The van der Waals surface area contributed by atoms with Gasteiger partial charge in [-0.2, -0.15) is 0 Å². The van der Waals surface area contributed by atoms with E-state index in [-0.39, 0.29) is 18.2 Å². The number of rotatable bonds is 9. The standard InChI is InChI=1S/C23H25N7O3/c1-33-18-6-4-5-17(12-18)30-14-16(11-22(30)31)23(32)26-10-9-25-20-13-21(28-15-27-20)29-19-7-2-3-8-24-19/h2-8,12-13,15-16H,9-11,14H2,1H3,(H,26,32)(H2,24,25,27,28,29). The zero-order valence-electron chi connectivity index (χ0n) is 18.2. The number of carbonyl (C=O) groups is 2. The second-order valence-electron chi connectivity index (χ2n) is 7.45. The highest BCUT2D eigenvalue weighted by Crippen LogP contribution is 2.27. The van der Waals surface area contributed by atoms with Gasteiger partial charge in [-0.05, 0) is 24.3 Å². The van der Waals surface area contributed by atoms with Crippen LogP contribution in [0.4, 0.5) is 23.1 Å². The molecule has 1 fully saturated rings. The average molecular weight is 447 g/mol. The van der Waals surface area contributed by atoms with Crippen molar-refractivity contribution in [2.45, 2.75) is 6.42 Å². The van der Waals surface area contributed by atoms with Crippen molar-refractivity contribution in [3.8, 4) is 5.75 Å². The zero-order valence-corrected chi connectivity index (χ0v) is 18.2. The lowest BCUT2D eigenvalue weighted by Gasteiger charge is -2.17. The Kier molecular flexibility index (Phi) is 6.93. The van der Waals surface area contributed by atoms with Gasteiger partial charge >= 0.3 is 0 Å². The minimum atomic E-state index is -0.392. The van der Waals surface area contributed by atoms with Gasteiger partial charge < -0.3 is 25.6 Å². The third-order valence-electron chi connectivity index (χ3n) is 5.18. The van der Waals surface area contributed by atoms with Crippen LogP contribution in [0.25, 0.3) is 0 Å². The number of carbonyl (C=O) groups excluding carboxylic acids is 2. The highest BCUT2D eigenvalue weighted by Gasteiger charge is 2.35. The van der Waals surface area contributed by atoms with E-state index in [0.717, 1.165) is 5.69 Å². The molecular weight excluding hydrogens is 422 g/mol. The van der Waals surface area contributed by atoms with Crippen molar-refractivity contribution < 1.29 is 14.3 Å². The molecular formula is C23H25N7O3. The second kappa shape index (κ2) is 10.4. The predicted molar refractivity (Wildman–Crippen MR) is 125 cm³/mol. The van der Waals surface area contributed by atoms with Gasteiger partial charge in [0.2, 0.25) is 11.8 Å². The molecule has 1 aromatic carbocycles. The highest BCUT2D eigenvalue weighted by atomic mass is 16.5. The molecule has 1 atom stereocenters. The summed E-state index contributed by atoms with van der Waals surface area (Å²) in [5.41, 5.74) is 0.732. The molecule has 1 unspecified atom stereocenters. The summed E-state index contributed by atoms with van der Waals surface area (Å²) in [7, 11) is 1.58. The van der Waals surface area contributed by atoms with E-state index in [2.05, 4.69) is 30.9 Å². The fourth-order valence-corrected chi connectivity index (χ4v) is 3.52. The summed E-state index contributed by atoms with van der Waals surface area (Å²) in [6.07, 6.45) is 3.33. The number of aromatic nitrogens is 3. The first-order valence-electron chi connectivity index (χ1n) is 10.6. The lowest BCUT2D eigenvalue weighted by atomic mass is 10.1. The summed E-state index contributed by atoms with van der Waals surface area (Å²) < 4.78 is 5.22. The smallest absolute Gasteiger partial charge is 0.227 e. The van der Waals surface area contributed by atoms with Crippen LogP contribution in [-0.4, -0.2) is 53.5 Å². The second-order valence-corrected chi connectivity index (χ2v) is 7.45. The van der Waals surface area contributed by atoms with Gasteiger partial charge in [0.1, 0.15) is 29.5 Å². The molecule has 170 valence electrons. The van der Waals surface area contributed by atoms with Crippen LogP contribution in [0.15, 0.2) is 61.1 Å². The molecule has 3 heterocycles. The van der Waals surface area contributed by atoms with E-state index < -0.39 is 5.92 Å². The van der Waals surface area contributed by atoms with Gasteiger partial charge in [-0.1, -0.05) is 12.1 Å². The van der Waals surface area contributed by atoms with Crippen LogP contribution < -0.4 is 25.6 Å². The van der Waals surface area contributed by atoms with Crippen LogP contribution in [0.3, 0.4) is 0 Å². The normalized spacial score (nSPS) is 15.2. The number of nitrogens with one attached hydrogen (secondary N) is 3. The number of benzene rings is 1. The molecule has 2 amide bonds. The van der Waals surface area contributed by atoms with Crippen molar-refractivity contribution in [1.29, 1.82) is 0 Å². The zero-order chi connectivity index (χ0) is 23.0. The Bertz CT molecular complexity index is 1110. The van der Waals surface area contributed by atoms with Crippen LogP contribution >= 0.6 is 0 Å². The fourth-order valence-electron chi connectivity index (χ4n) is 3.52. The molecule has 33 heavy (non-hydrogen) atoms. The number of methoxy groups -OCH3 is 1. The number of amides is 2. The quantitative estimate of drug-likeness (QED) is 0.427. The molecule has 0 saturated carbocycles. The van der Waals surface area contributed by atoms with Crippen molar-refractivity contribution in [3.63, 3.8) is 0 Å². The molecule has 4 rings (SSSR count). The lowest BCUT2D eigenvalue weighted by Crippen LogP contribution is -2.35. The Hall–Kier alpha value is -4.21. The Morgan fingerprint density at radius 3 is 2.76 bits per heavy atom. The van der Waals surface area contributed by atoms with Gasteiger partial charge in [0.05, 0.1) is 13.0 Å². The molecule has 0 radical (unpaired) electrons. The van der Waals surface area contributed by atoms with E-state index >= 15 is 0 Å². The first-order valence-corrected chi connectivity index (χ1v) is 10.6. The average Bonchev–Trinajstić information content (AvgIpc) is 3.24. The third-order valence-corrected chi connectivity index (χ3v) is 5.18. The van der Waals surface area contributed by atoms with E-state index in [1.54, 1.807) is 30.3 Å². The first kappa shape index (κ1) is 22.0. The number of pyridine rings is 1. The SMILES string of the molecule is COc1cccc(N2CC(C(=O)NCCNc3cc(Nc4ccccn4)ncn3)CC2=O)c1. The molecule has 1 aliphatic heterocycles. The molecule has 3 N–H and O–H groups in total. The van der Waals surface area contributed by atoms with Gasteiger partial charge in [0.25, 0.3) is 0 Å². The van der Waals surface area contributed by atoms with Crippen molar-refractivity contribution in [1.82, 2.24) is 20.3 Å². The minimum absolute atomic E-state index is 0.0737. The van der Waals surface area contributed by atoms with Crippen molar-refractivity contribution >= 4 is 35.0 Å². The number of anilines is 4. The molecule has 3 aromatic rings. The van der Waals surface area contributed by atoms with Crippen molar-refractivity contribution in [2.75, 3.05) is 42.3 Å². The molecule has 10 heteroatoms. The van der Waals surface area contributed by atoms with Crippen LogP contribution in [-0.2, 0) is 9.59 Å². The summed E-state index contributed by atoms with van der Waals surface area (Å²) in [6, 6.07) is 14.6. The number of hydrogen-bond acceptors (Lipinski definition) is 8. The summed E-state index contributed by atoms with van der Waals surface area (Å²) in [5, 5.41) is 9.15. The monoisotopic (exact) mass is 447 g/mol. The van der Waals surface area contributed by atoms with E-state index in [0.29, 0.717) is 42.8 Å². The topological polar surface area (TPSA) is 121 Å². The predicted octanol–water partition coefficient (Wildman–Crippen LogP) is 2.20. The van der Waals surface area contributed by atoms with Gasteiger partial charge in [0.15, 0.2) is 0 Å². The first-order chi connectivity index (χ1) is 16.1. The van der Waals surface area contributed by atoms with Gasteiger partial charge in [-0.25, -0.2) is 15.0 Å². The molecule has 1 saturated heterocycles. The molecule has 0 spiro atoms. The lowest BCUT2D eigenvalue weighted by molar-refractivity contribution is -0.126. The summed E-state index contributed by atoms with van der Waals surface area (Å²) in [5.74, 6) is 1.98. The Morgan fingerprint density at radius 2 is 1.94 bits per heavy atom. The molecule has 0 aliphatic carbocycles. The maximum atomic E-state index is 12.6. The molecule has 2 aromatic heterocycles. The molecule has 10 nitrogen and oxygen atoms in total. The maximum Gasteiger partial charge on any atom is 0.227 e. The van der Waals surface area contributed by atoms with Gasteiger partial charge in [-0.15, -0.1) is 0 Å². The maximum absolute atomic E-state index is 12.6. The largest absolute Gasteiger partial charge is 0.497 e. The molecule has 0 bridgehead atoms. The van der Waals surface area contributed by atoms with Crippen molar-refractivity contribution in [2.24, 2.45) is 5.92 Å². The number of hydrogen-bond donors (Lipinski definition) is 3. The number of ether oxygens (including phenoxy) is 1. The van der Waals surface area contributed by atoms with Crippen LogP contribution in [0.5, 0.6) is 5.75 Å². The van der Waals surface area contributed by atoms with Gasteiger partial charge in [0, 0.05) is 50.1 Å². The minimum Gasteiger partial charge on any atom is -0.497 e. The third kappa shape index (κ3) is 5.73. The van der Waals surface area contributed by atoms with Crippen molar-refractivity contribution in [3.05, 3.63) is 61.1 Å². The van der Waals surface area contributed by atoms with Crippen LogP contribution in [0, 0.1) is 5.92 Å². The van der Waals surface area contributed by atoms with Gasteiger partial charge in [-0.3, -0.25) is 9.59 Å². The molecule has 1 aliphatic rings. The van der Waals surface area contributed by atoms with E-state index in [4.69, 9.17) is 4.74 Å². The van der Waals surface area contributed by atoms with E-state index in [1.165, 1.54) is 6.33 Å². The Morgan fingerprint density at radius 1 is 1.06 bits per heavy atom. The Balaban J connectivity index is 1.24. The fraction of sp³-hybridized carbons (Fsp3) is 0.261. The van der Waals surface area contributed by atoms with E-state index in [1.807, 2.05) is 36.4 Å². The van der Waals surface area contributed by atoms with Crippen LogP contribution in [0.2, 0.25) is 0 Å². The summed E-state index contributed by atoms with van der Waals surface area (Å²) in [4.78, 5) is 39.2. The van der Waals surface area contributed by atoms with E-state index in [9.17, 15) is 9.59 Å². The summed E-state index contributed by atoms with van der Waals surface area (Å²) in [6.45, 7) is 1.22. The number of nitrogens with zero attached hydrogens (tertiary/aromatic N) is 4.